The molecule has 3 amide bonds. The number of nitrogens with zero attached hydrogens (tertiary/aromatic N) is 2. The van der Waals surface area contributed by atoms with E-state index in [-0.39, 0.29) is 23.8 Å². The van der Waals surface area contributed by atoms with Gasteiger partial charge in [-0.3, -0.25) is 19.3 Å². The summed E-state index contributed by atoms with van der Waals surface area (Å²) in [7, 11) is 0. The summed E-state index contributed by atoms with van der Waals surface area (Å²) in [6.07, 6.45) is 1.69. The van der Waals surface area contributed by atoms with Crippen LogP contribution in [0, 0.1) is 18.8 Å². The topological polar surface area (TPSA) is 69.7 Å². The predicted molar refractivity (Wildman–Crippen MR) is 112 cm³/mol. The zero-order chi connectivity index (χ0) is 20.8. The van der Waals surface area contributed by atoms with Crippen LogP contribution in [0.5, 0.6) is 0 Å². The fraction of sp³-hybridized carbons (Fsp3) is 0.348. The molecule has 0 saturated carbocycles. The molecule has 6 nitrogen and oxygen atoms in total. The van der Waals surface area contributed by atoms with Crippen LogP contribution in [-0.2, 0) is 19.9 Å². The van der Waals surface area contributed by atoms with Crippen LogP contribution in [0.3, 0.4) is 0 Å². The lowest BCUT2D eigenvalue weighted by Crippen LogP contribution is -2.54. The first-order valence-electron chi connectivity index (χ1n) is 10.3. The van der Waals surface area contributed by atoms with Gasteiger partial charge in [-0.05, 0) is 44.0 Å². The normalized spacial score (nSPS) is 32.0. The number of nitrogens with one attached hydrogen (secondary N) is 1. The zero-order valence-electron chi connectivity index (χ0n) is 16.4. The highest BCUT2D eigenvalue weighted by molar-refractivity contribution is 6.35. The van der Waals surface area contributed by atoms with Crippen molar-refractivity contribution in [2.45, 2.75) is 31.3 Å². The Morgan fingerprint density at radius 3 is 2.67 bits per heavy atom. The lowest BCUT2D eigenvalue weighted by molar-refractivity contribution is -0.135. The van der Waals surface area contributed by atoms with Crippen molar-refractivity contribution in [1.29, 1.82) is 0 Å². The van der Waals surface area contributed by atoms with Crippen molar-refractivity contribution in [3.05, 3.63) is 58.6 Å². The monoisotopic (exact) mass is 421 g/mol. The number of carbonyl (C=O) groups excluding carboxylic acids is 3. The van der Waals surface area contributed by atoms with Gasteiger partial charge in [0.25, 0.3) is 5.91 Å². The number of amides is 3. The third-order valence-electron chi connectivity index (χ3n) is 7.33. The van der Waals surface area contributed by atoms with Crippen molar-refractivity contribution in [3.63, 3.8) is 0 Å². The quantitative estimate of drug-likeness (QED) is 0.718. The minimum Gasteiger partial charge on any atom is -0.323 e. The maximum atomic E-state index is 13.8. The number of benzene rings is 2. The van der Waals surface area contributed by atoms with Crippen molar-refractivity contribution >= 4 is 40.7 Å². The third kappa shape index (κ3) is 1.92. The van der Waals surface area contributed by atoms with Crippen molar-refractivity contribution < 1.29 is 14.4 Å². The number of hydrogen-bond donors (Lipinski definition) is 1. The molecule has 0 aliphatic carbocycles. The van der Waals surface area contributed by atoms with E-state index in [4.69, 9.17) is 11.6 Å². The molecule has 6 rings (SSSR count). The van der Waals surface area contributed by atoms with Gasteiger partial charge in [-0.15, -0.1) is 0 Å². The lowest BCUT2D eigenvalue weighted by atomic mass is 9.75. The number of aryl methyl sites for hydroxylation is 1. The average molecular weight is 422 g/mol. The van der Waals surface area contributed by atoms with Crippen LogP contribution in [0.2, 0.25) is 5.02 Å². The van der Waals surface area contributed by atoms with Crippen LogP contribution in [0.15, 0.2) is 42.5 Å². The number of anilines is 2. The molecular weight excluding hydrogens is 402 g/mol. The van der Waals surface area contributed by atoms with Gasteiger partial charge in [0, 0.05) is 11.6 Å². The first-order chi connectivity index (χ1) is 14.5. The summed E-state index contributed by atoms with van der Waals surface area (Å²) in [5.41, 5.74) is 1.55. The van der Waals surface area contributed by atoms with Crippen LogP contribution >= 0.6 is 11.6 Å². The molecule has 2 aromatic carbocycles. The molecule has 1 N–H and O–H groups in total. The van der Waals surface area contributed by atoms with Gasteiger partial charge >= 0.3 is 0 Å². The van der Waals surface area contributed by atoms with Gasteiger partial charge in [0.2, 0.25) is 11.8 Å². The van der Waals surface area contributed by atoms with E-state index < -0.39 is 17.4 Å². The van der Waals surface area contributed by atoms with E-state index in [9.17, 15) is 14.4 Å². The minimum absolute atomic E-state index is 0.129. The molecule has 4 aliphatic heterocycles. The maximum Gasteiger partial charge on any atom is 0.250 e. The molecule has 4 heterocycles. The summed E-state index contributed by atoms with van der Waals surface area (Å²) < 4.78 is 0. The Morgan fingerprint density at radius 1 is 1.07 bits per heavy atom. The van der Waals surface area contributed by atoms with Crippen molar-refractivity contribution in [3.8, 4) is 0 Å². The molecule has 0 bridgehead atoms. The Hall–Kier alpha value is -2.70. The van der Waals surface area contributed by atoms with Gasteiger partial charge in [0.05, 0.1) is 28.2 Å². The van der Waals surface area contributed by atoms with Crippen LogP contribution in [0.1, 0.15) is 24.0 Å². The Morgan fingerprint density at radius 2 is 1.87 bits per heavy atom. The molecule has 152 valence electrons. The molecule has 3 fully saturated rings. The van der Waals surface area contributed by atoms with Gasteiger partial charge in [-0.1, -0.05) is 41.9 Å². The predicted octanol–water partition coefficient (Wildman–Crippen LogP) is 3.08. The third-order valence-corrected chi connectivity index (χ3v) is 7.65. The first kappa shape index (κ1) is 18.1. The fourth-order valence-electron chi connectivity index (χ4n) is 6.25. The SMILES string of the molecule is Cc1ccccc1N1C(=O)[C@@H]2[C@@H]3CCCN3[C@]3(C(=O)Nc4c(Cl)cccc43)[C@H]2C1=O. The molecule has 30 heavy (non-hydrogen) atoms. The van der Waals surface area contributed by atoms with E-state index in [1.54, 1.807) is 12.1 Å². The first-order valence-corrected chi connectivity index (χ1v) is 10.7. The van der Waals surface area contributed by atoms with Gasteiger partial charge in [0.15, 0.2) is 0 Å². The molecule has 3 saturated heterocycles. The Balaban J connectivity index is 1.59. The van der Waals surface area contributed by atoms with Crippen molar-refractivity contribution in [2.75, 3.05) is 16.8 Å². The van der Waals surface area contributed by atoms with Crippen LogP contribution in [0.4, 0.5) is 11.4 Å². The summed E-state index contributed by atoms with van der Waals surface area (Å²) >= 11 is 6.40. The van der Waals surface area contributed by atoms with E-state index >= 15 is 0 Å². The average Bonchev–Trinajstić information content (AvgIpc) is 3.42. The van der Waals surface area contributed by atoms with Gasteiger partial charge in [0.1, 0.15) is 5.54 Å². The highest BCUT2D eigenvalue weighted by Crippen LogP contribution is 2.61. The van der Waals surface area contributed by atoms with Crippen LogP contribution in [0.25, 0.3) is 0 Å². The molecule has 2 aromatic rings. The molecule has 0 unspecified atom stereocenters. The van der Waals surface area contributed by atoms with Crippen molar-refractivity contribution in [1.82, 2.24) is 4.90 Å². The largest absolute Gasteiger partial charge is 0.323 e. The van der Waals surface area contributed by atoms with Crippen LogP contribution < -0.4 is 10.2 Å². The number of para-hydroxylation sites is 2. The number of hydrogen-bond acceptors (Lipinski definition) is 4. The van der Waals surface area contributed by atoms with E-state index in [0.717, 1.165) is 18.4 Å². The molecule has 7 heteroatoms. The zero-order valence-corrected chi connectivity index (χ0v) is 17.1. The van der Waals surface area contributed by atoms with Gasteiger partial charge < -0.3 is 5.32 Å². The standard InChI is InChI=1S/C23H20ClN3O3/c1-12-6-2-3-9-15(12)27-20(28)17-16-10-5-11-26(16)23(18(17)21(27)29)13-7-4-8-14(24)19(13)25-22(23)30/h2-4,6-9,16-18H,5,10-11H2,1H3,(H,25,30)/t16-,17+,18+,23-/m0/s1. The second-order valence-corrected chi connectivity index (χ2v) is 8.99. The Kier molecular flexibility index (Phi) is 3.58. The number of halogens is 1. The smallest absolute Gasteiger partial charge is 0.250 e. The molecule has 0 aromatic heterocycles. The number of imide groups is 1. The summed E-state index contributed by atoms with van der Waals surface area (Å²) in [6.45, 7) is 2.57. The van der Waals surface area contributed by atoms with Gasteiger partial charge in [-0.25, -0.2) is 4.90 Å². The maximum absolute atomic E-state index is 13.8. The second kappa shape index (κ2) is 5.93. The Labute approximate surface area is 178 Å². The number of fused-ring (bicyclic) bond motifs is 7. The van der Waals surface area contributed by atoms with Crippen molar-refractivity contribution in [2.24, 2.45) is 11.8 Å². The summed E-state index contributed by atoms with van der Waals surface area (Å²) in [6, 6.07) is 12.7. The highest BCUT2D eigenvalue weighted by atomic mass is 35.5. The number of carbonyl (C=O) groups is 3. The van der Waals surface area contributed by atoms with E-state index in [1.165, 1.54) is 4.90 Å². The number of rotatable bonds is 1. The van der Waals surface area contributed by atoms with Gasteiger partial charge in [-0.2, -0.15) is 0 Å². The lowest BCUT2D eigenvalue weighted by Gasteiger charge is -2.36. The molecular formula is C23H20ClN3O3. The second-order valence-electron chi connectivity index (χ2n) is 8.59. The van der Waals surface area contributed by atoms with Crippen LogP contribution in [-0.4, -0.2) is 35.2 Å². The molecule has 1 spiro atoms. The molecule has 0 radical (unpaired) electrons. The van der Waals surface area contributed by atoms with E-state index in [1.807, 2.05) is 37.3 Å². The molecule has 4 aliphatic rings. The summed E-state index contributed by atoms with van der Waals surface area (Å²) in [5, 5.41) is 3.38. The highest BCUT2D eigenvalue weighted by Gasteiger charge is 2.74. The van der Waals surface area contributed by atoms with E-state index in [2.05, 4.69) is 10.2 Å². The fourth-order valence-corrected chi connectivity index (χ4v) is 6.47. The summed E-state index contributed by atoms with van der Waals surface area (Å²) in [4.78, 5) is 44.5. The van der Waals surface area contributed by atoms with E-state index in [0.29, 0.717) is 28.5 Å². The summed E-state index contributed by atoms with van der Waals surface area (Å²) in [5.74, 6) is -2.03. The Bertz CT molecular complexity index is 1150. The minimum atomic E-state index is -1.18. The molecule has 4 atom stereocenters.